The lowest BCUT2D eigenvalue weighted by atomic mass is 10.0. The van der Waals surface area contributed by atoms with Crippen LogP contribution in [0, 0.1) is 0 Å². The highest BCUT2D eigenvalue weighted by atomic mass is 32.2. The molecule has 2 aromatic carbocycles. The summed E-state index contributed by atoms with van der Waals surface area (Å²) >= 11 is 0. The molecule has 1 N–H and O–H groups in total. The molecular formula is C29H31N7O2S. The number of anilines is 4. The fourth-order valence-corrected chi connectivity index (χ4v) is 6.77. The van der Waals surface area contributed by atoms with Gasteiger partial charge in [0.15, 0.2) is 0 Å². The van der Waals surface area contributed by atoms with Gasteiger partial charge in [-0.3, -0.25) is 9.29 Å². The van der Waals surface area contributed by atoms with E-state index in [9.17, 15) is 8.42 Å². The molecule has 6 rings (SSSR count). The summed E-state index contributed by atoms with van der Waals surface area (Å²) in [6.07, 6.45) is 5.63. The third kappa shape index (κ3) is 4.81. The number of rotatable bonds is 6. The van der Waals surface area contributed by atoms with Crippen LogP contribution in [-0.2, 0) is 10.0 Å². The Kier molecular flexibility index (Phi) is 6.66. The van der Waals surface area contributed by atoms with Crippen molar-refractivity contribution in [2.45, 2.75) is 18.2 Å². The van der Waals surface area contributed by atoms with Gasteiger partial charge in [-0.2, -0.15) is 0 Å². The lowest BCUT2D eigenvalue weighted by Gasteiger charge is -2.34. The number of nitrogens with one attached hydrogen (secondary N) is 1. The molecule has 0 saturated carbocycles. The number of fused-ring (bicyclic) bond motifs is 3. The summed E-state index contributed by atoms with van der Waals surface area (Å²) in [5.74, 6) is 0.345. The van der Waals surface area contributed by atoms with Crippen molar-refractivity contribution < 1.29 is 8.42 Å². The second-order valence-electron chi connectivity index (χ2n) is 9.92. The maximum Gasteiger partial charge on any atom is 0.268 e. The summed E-state index contributed by atoms with van der Waals surface area (Å²) in [4.78, 5) is 18.2. The quantitative estimate of drug-likeness (QED) is 0.378. The van der Waals surface area contributed by atoms with Crippen LogP contribution in [0.5, 0.6) is 0 Å². The molecule has 200 valence electrons. The van der Waals surface area contributed by atoms with Crippen molar-refractivity contribution in [3.05, 3.63) is 73.2 Å². The Morgan fingerprint density at radius 2 is 1.74 bits per heavy atom. The second-order valence-corrected chi connectivity index (χ2v) is 11.8. The number of pyridine rings is 1. The van der Waals surface area contributed by atoms with E-state index in [1.165, 1.54) is 16.2 Å². The van der Waals surface area contributed by atoms with Gasteiger partial charge in [-0.1, -0.05) is 19.1 Å². The zero-order valence-electron chi connectivity index (χ0n) is 22.1. The van der Waals surface area contributed by atoms with Crippen LogP contribution in [0.3, 0.4) is 0 Å². The van der Waals surface area contributed by atoms with Crippen LogP contribution in [0.4, 0.5) is 23.0 Å². The number of hydrogen-bond donors (Lipinski definition) is 1. The average molecular weight is 542 g/mol. The number of aromatic nitrogens is 3. The molecule has 4 heterocycles. The van der Waals surface area contributed by atoms with E-state index in [-0.39, 0.29) is 4.90 Å². The van der Waals surface area contributed by atoms with E-state index >= 15 is 0 Å². The van der Waals surface area contributed by atoms with E-state index in [0.717, 1.165) is 48.6 Å². The van der Waals surface area contributed by atoms with E-state index in [1.54, 1.807) is 12.4 Å². The molecule has 4 aromatic rings. The first kappa shape index (κ1) is 25.3. The zero-order chi connectivity index (χ0) is 27.0. The first-order valence-electron chi connectivity index (χ1n) is 13.2. The Morgan fingerprint density at radius 3 is 2.46 bits per heavy atom. The number of piperazine rings is 1. The van der Waals surface area contributed by atoms with Crippen LogP contribution in [0.2, 0.25) is 0 Å². The van der Waals surface area contributed by atoms with Gasteiger partial charge < -0.3 is 15.1 Å². The Morgan fingerprint density at radius 1 is 0.949 bits per heavy atom. The minimum Gasteiger partial charge on any atom is -0.369 e. The highest BCUT2D eigenvalue weighted by Gasteiger charge is 2.36. The molecule has 0 amide bonds. The van der Waals surface area contributed by atoms with Gasteiger partial charge in [0.2, 0.25) is 5.95 Å². The Bertz CT molecular complexity index is 1590. The molecule has 0 bridgehead atoms. The minimum absolute atomic E-state index is 0.114. The fourth-order valence-electron chi connectivity index (χ4n) is 5.11. The molecule has 0 spiro atoms. The molecule has 2 aromatic heterocycles. The molecule has 2 aliphatic rings. The number of likely N-dealkylation sites (N-methyl/N-ethyl adjacent to an activating group) is 1. The molecule has 10 heteroatoms. The minimum atomic E-state index is -3.79. The molecule has 0 unspecified atom stereocenters. The maximum atomic E-state index is 13.6. The number of sulfonamides is 1. The molecular weight excluding hydrogens is 510 g/mol. The largest absolute Gasteiger partial charge is 0.369 e. The molecule has 0 radical (unpaired) electrons. The van der Waals surface area contributed by atoms with Gasteiger partial charge in [0.05, 0.1) is 17.6 Å². The van der Waals surface area contributed by atoms with E-state index < -0.39 is 10.0 Å². The predicted octanol–water partition coefficient (Wildman–Crippen LogP) is 4.62. The van der Waals surface area contributed by atoms with Gasteiger partial charge in [-0.05, 0) is 61.5 Å². The van der Waals surface area contributed by atoms with Gasteiger partial charge in [-0.25, -0.2) is 18.4 Å². The summed E-state index contributed by atoms with van der Waals surface area (Å²) in [6, 6.07) is 17.8. The van der Waals surface area contributed by atoms with E-state index in [1.807, 2.05) is 49.4 Å². The number of hydrogen-bond acceptors (Lipinski definition) is 8. The van der Waals surface area contributed by atoms with Crippen molar-refractivity contribution in [1.82, 2.24) is 19.9 Å². The molecule has 1 fully saturated rings. The van der Waals surface area contributed by atoms with Crippen molar-refractivity contribution in [3.63, 3.8) is 0 Å². The Hall–Kier alpha value is -4.02. The molecule has 2 aliphatic heterocycles. The molecule has 0 atom stereocenters. The zero-order valence-corrected chi connectivity index (χ0v) is 22.9. The topological polar surface area (TPSA) is 94.6 Å². The van der Waals surface area contributed by atoms with E-state index in [0.29, 0.717) is 30.3 Å². The van der Waals surface area contributed by atoms with Crippen molar-refractivity contribution in [1.29, 1.82) is 0 Å². The molecule has 39 heavy (non-hydrogen) atoms. The van der Waals surface area contributed by atoms with Gasteiger partial charge in [0.1, 0.15) is 4.90 Å². The summed E-state index contributed by atoms with van der Waals surface area (Å²) in [6.45, 7) is 6.44. The van der Waals surface area contributed by atoms with Crippen LogP contribution >= 0.6 is 0 Å². The van der Waals surface area contributed by atoms with Crippen molar-refractivity contribution >= 4 is 33.0 Å². The third-order valence-corrected chi connectivity index (χ3v) is 9.07. The summed E-state index contributed by atoms with van der Waals surface area (Å²) in [5.41, 5.74) is 5.68. The first-order chi connectivity index (χ1) is 18.9. The molecule has 9 nitrogen and oxygen atoms in total. The summed E-state index contributed by atoms with van der Waals surface area (Å²) in [5, 5.41) is 3.26. The average Bonchev–Trinajstić information content (AvgIpc) is 2.96. The van der Waals surface area contributed by atoms with E-state index in [2.05, 4.69) is 44.3 Å². The van der Waals surface area contributed by atoms with Crippen LogP contribution in [-0.4, -0.2) is 68.0 Å². The number of nitrogens with zero attached hydrogens (tertiary/aromatic N) is 6. The fraction of sp³-hybridized carbons (Fsp3) is 0.276. The summed E-state index contributed by atoms with van der Waals surface area (Å²) < 4.78 is 28.7. The van der Waals surface area contributed by atoms with E-state index in [4.69, 9.17) is 4.98 Å². The maximum absolute atomic E-state index is 13.6. The van der Waals surface area contributed by atoms with Crippen LogP contribution < -0.4 is 14.5 Å². The van der Waals surface area contributed by atoms with Crippen LogP contribution in [0.1, 0.15) is 13.3 Å². The number of benzene rings is 2. The Labute approximate surface area is 229 Å². The second kappa shape index (κ2) is 10.3. The van der Waals surface area contributed by atoms with Gasteiger partial charge in [-0.15, -0.1) is 0 Å². The third-order valence-electron chi connectivity index (χ3n) is 7.26. The van der Waals surface area contributed by atoms with Gasteiger partial charge in [0, 0.05) is 67.6 Å². The summed E-state index contributed by atoms with van der Waals surface area (Å²) in [7, 11) is -1.64. The normalized spacial score (nSPS) is 16.5. The van der Waals surface area contributed by atoms with Gasteiger partial charge in [0.25, 0.3) is 10.0 Å². The highest BCUT2D eigenvalue weighted by Crippen LogP contribution is 2.44. The standard InChI is InChI=1S/C29H31N7O2S/c1-3-13-36-26-11-6-21(22-5-4-12-30-19-22)18-25(26)28-27(39(36,37)38)20-31-29(33-28)32-23-7-9-24(10-8-23)35-16-14-34(2)15-17-35/h4-12,18-20H,3,13-17H2,1-2H3,(H,31,32,33). The lowest BCUT2D eigenvalue weighted by Crippen LogP contribution is -2.44. The first-order valence-corrected chi connectivity index (χ1v) is 14.6. The predicted molar refractivity (Wildman–Crippen MR) is 155 cm³/mol. The smallest absolute Gasteiger partial charge is 0.268 e. The highest BCUT2D eigenvalue weighted by molar-refractivity contribution is 7.93. The molecule has 1 saturated heterocycles. The van der Waals surface area contributed by atoms with Crippen molar-refractivity contribution in [3.8, 4) is 22.4 Å². The van der Waals surface area contributed by atoms with Crippen LogP contribution in [0.25, 0.3) is 22.4 Å². The van der Waals surface area contributed by atoms with Crippen molar-refractivity contribution in [2.75, 3.05) is 54.3 Å². The molecule has 0 aliphatic carbocycles. The van der Waals surface area contributed by atoms with Gasteiger partial charge >= 0.3 is 0 Å². The monoisotopic (exact) mass is 541 g/mol. The van der Waals surface area contributed by atoms with Crippen molar-refractivity contribution in [2.24, 2.45) is 0 Å². The van der Waals surface area contributed by atoms with Crippen LogP contribution in [0.15, 0.2) is 78.1 Å². The lowest BCUT2D eigenvalue weighted by molar-refractivity contribution is 0.313. The SMILES string of the molecule is CCCN1c2ccc(-c3cccnc3)cc2-c2nc(Nc3ccc(N4CCN(C)CC4)cc3)ncc2S1(=O)=O. The Balaban J connectivity index is 1.35.